The summed E-state index contributed by atoms with van der Waals surface area (Å²) in [5.41, 5.74) is 0. The lowest BCUT2D eigenvalue weighted by Crippen LogP contribution is -1.93. The van der Waals surface area contributed by atoms with Crippen LogP contribution in [0.2, 0.25) is 0 Å². The Morgan fingerprint density at radius 3 is 0.720 bits per heavy atom. The van der Waals surface area contributed by atoms with E-state index in [1.54, 1.807) is 0 Å². The molecule has 0 spiro atoms. The van der Waals surface area contributed by atoms with Crippen LogP contribution >= 0.6 is 12.4 Å². The molecular weight excluding hydrogens is 340 g/mol. The van der Waals surface area contributed by atoms with Crippen molar-refractivity contribution in [3.63, 3.8) is 0 Å². The molecule has 25 heavy (non-hydrogen) atoms. The molecule has 4 nitrogen and oxygen atoms in total. The largest absolute Gasteiger partial charge is 0.481 e. The molecule has 0 aliphatic heterocycles. The quantitative estimate of drug-likeness (QED) is 0.248. The van der Waals surface area contributed by atoms with Crippen LogP contribution in [-0.2, 0) is 9.59 Å². The van der Waals surface area contributed by atoms with E-state index in [9.17, 15) is 9.59 Å². The lowest BCUT2D eigenvalue weighted by atomic mass is 10.0. The maximum atomic E-state index is 10.4. The molecule has 0 unspecified atom stereocenters. The van der Waals surface area contributed by atoms with Crippen LogP contribution in [0.5, 0.6) is 0 Å². The molecule has 5 heteroatoms. The van der Waals surface area contributed by atoms with Gasteiger partial charge in [-0.2, -0.15) is 0 Å². The minimum atomic E-state index is -0.673. The molecule has 0 aromatic carbocycles. The molecule has 0 fully saturated rings. The number of unbranched alkanes of at least 4 members (excludes halogenated alkanes) is 15. The topological polar surface area (TPSA) is 74.6 Å². The van der Waals surface area contributed by atoms with E-state index in [0.29, 0.717) is 12.8 Å². The Kier molecular flexibility index (Phi) is 22.5. The molecule has 2 N–H and O–H groups in total. The minimum absolute atomic E-state index is 0. The van der Waals surface area contributed by atoms with Crippen molar-refractivity contribution >= 4 is 24.3 Å². The number of carbonyl (C=O) groups is 2. The van der Waals surface area contributed by atoms with Gasteiger partial charge in [0.1, 0.15) is 0 Å². The average Bonchev–Trinajstić information content (AvgIpc) is 2.53. The third-order valence-corrected chi connectivity index (χ3v) is 4.53. The zero-order valence-electron chi connectivity index (χ0n) is 15.8. The van der Waals surface area contributed by atoms with Crippen molar-refractivity contribution < 1.29 is 19.8 Å². The number of hydrogen-bond acceptors (Lipinski definition) is 2. The monoisotopic (exact) mass is 378 g/mol. The predicted molar refractivity (Wildman–Crippen MR) is 106 cm³/mol. The van der Waals surface area contributed by atoms with Gasteiger partial charge in [0, 0.05) is 12.8 Å². The van der Waals surface area contributed by atoms with Gasteiger partial charge in [-0.15, -0.1) is 12.4 Å². The van der Waals surface area contributed by atoms with Crippen LogP contribution in [0.1, 0.15) is 116 Å². The van der Waals surface area contributed by atoms with E-state index >= 15 is 0 Å². The van der Waals surface area contributed by atoms with Gasteiger partial charge in [-0.05, 0) is 12.8 Å². The molecule has 0 radical (unpaired) electrons. The fraction of sp³-hybridized carbons (Fsp3) is 0.900. The van der Waals surface area contributed by atoms with Crippen molar-refractivity contribution in [1.82, 2.24) is 0 Å². The molecule has 0 saturated heterocycles. The molecule has 150 valence electrons. The second-order valence-electron chi connectivity index (χ2n) is 6.94. The fourth-order valence-electron chi connectivity index (χ4n) is 3.03. The number of hydrogen-bond donors (Lipinski definition) is 2. The van der Waals surface area contributed by atoms with Crippen LogP contribution < -0.4 is 0 Å². The Hall–Kier alpha value is -0.770. The molecule has 0 heterocycles. The van der Waals surface area contributed by atoms with Gasteiger partial charge in [-0.1, -0.05) is 89.9 Å². The summed E-state index contributed by atoms with van der Waals surface area (Å²) in [7, 11) is 0. The van der Waals surface area contributed by atoms with Gasteiger partial charge in [-0.25, -0.2) is 0 Å². The van der Waals surface area contributed by atoms with Gasteiger partial charge in [-0.3, -0.25) is 9.59 Å². The van der Waals surface area contributed by atoms with Gasteiger partial charge in [0.05, 0.1) is 0 Å². The van der Waals surface area contributed by atoms with Gasteiger partial charge in [0.25, 0.3) is 0 Å². The van der Waals surface area contributed by atoms with Crippen molar-refractivity contribution in [2.45, 2.75) is 116 Å². The number of halogens is 1. The standard InChI is InChI=1S/C20H38O4.ClH/c21-19(22)17-15-13-11-9-7-5-3-1-2-4-6-8-10-12-14-16-18-20(23)24;/h1-18H2,(H,21,22)(H,23,24);1H. The third kappa shape index (κ3) is 25.6. The lowest BCUT2D eigenvalue weighted by molar-refractivity contribution is -0.138. The Morgan fingerprint density at radius 2 is 0.560 bits per heavy atom. The zero-order valence-corrected chi connectivity index (χ0v) is 16.7. The first kappa shape index (κ1) is 26.5. The van der Waals surface area contributed by atoms with Crippen molar-refractivity contribution in [2.75, 3.05) is 0 Å². The summed E-state index contributed by atoms with van der Waals surface area (Å²) in [4.78, 5) is 20.7. The number of carboxylic acids is 2. The van der Waals surface area contributed by atoms with Crippen molar-refractivity contribution in [3.05, 3.63) is 0 Å². The van der Waals surface area contributed by atoms with Crippen LogP contribution in [0, 0.1) is 0 Å². The molecular formula is C20H39ClO4. The van der Waals surface area contributed by atoms with Crippen molar-refractivity contribution in [2.24, 2.45) is 0 Å². The van der Waals surface area contributed by atoms with E-state index in [1.165, 1.54) is 77.0 Å². The van der Waals surface area contributed by atoms with Crippen molar-refractivity contribution in [1.29, 1.82) is 0 Å². The highest BCUT2D eigenvalue weighted by molar-refractivity contribution is 5.85. The normalized spacial score (nSPS) is 10.4. The summed E-state index contributed by atoms with van der Waals surface area (Å²) in [5.74, 6) is -1.35. The van der Waals surface area contributed by atoms with E-state index in [2.05, 4.69) is 0 Å². The van der Waals surface area contributed by atoms with E-state index < -0.39 is 11.9 Å². The number of carboxylic acid groups (broad SMARTS) is 2. The lowest BCUT2D eigenvalue weighted by Gasteiger charge is -2.03. The third-order valence-electron chi connectivity index (χ3n) is 4.53. The van der Waals surface area contributed by atoms with Crippen LogP contribution in [0.15, 0.2) is 0 Å². The molecule has 0 aliphatic rings. The molecule has 0 aromatic rings. The first-order chi connectivity index (χ1) is 11.6. The molecule has 0 aliphatic carbocycles. The highest BCUT2D eigenvalue weighted by Gasteiger charge is 1.98. The van der Waals surface area contributed by atoms with Crippen LogP contribution in [0.25, 0.3) is 0 Å². The fourth-order valence-corrected chi connectivity index (χ4v) is 3.03. The summed E-state index contributed by atoms with van der Waals surface area (Å²) in [6.07, 6.45) is 19.9. The molecule has 0 amide bonds. The Morgan fingerprint density at radius 1 is 0.400 bits per heavy atom. The first-order valence-electron chi connectivity index (χ1n) is 10.1. The maximum Gasteiger partial charge on any atom is 0.303 e. The van der Waals surface area contributed by atoms with E-state index in [-0.39, 0.29) is 12.4 Å². The SMILES string of the molecule is Cl.O=C(O)CCCCCCCCCCCCCCCCCCC(=O)O. The highest BCUT2D eigenvalue weighted by atomic mass is 35.5. The summed E-state index contributed by atoms with van der Waals surface area (Å²) < 4.78 is 0. The number of aliphatic carboxylic acids is 2. The molecule has 0 aromatic heterocycles. The minimum Gasteiger partial charge on any atom is -0.481 e. The van der Waals surface area contributed by atoms with Crippen LogP contribution in [-0.4, -0.2) is 22.2 Å². The van der Waals surface area contributed by atoms with Crippen LogP contribution in [0.4, 0.5) is 0 Å². The summed E-state index contributed by atoms with van der Waals surface area (Å²) in [5, 5.41) is 17.1. The van der Waals surface area contributed by atoms with E-state index in [4.69, 9.17) is 10.2 Å². The molecule has 0 rings (SSSR count). The predicted octanol–water partition coefficient (Wildman–Crippen LogP) is 6.60. The molecule has 0 saturated carbocycles. The Bertz CT molecular complexity index is 278. The average molecular weight is 379 g/mol. The van der Waals surface area contributed by atoms with Gasteiger partial charge in [0.15, 0.2) is 0 Å². The highest BCUT2D eigenvalue weighted by Crippen LogP contribution is 2.14. The smallest absolute Gasteiger partial charge is 0.303 e. The Labute approximate surface area is 160 Å². The number of rotatable bonds is 19. The van der Waals surface area contributed by atoms with E-state index in [1.807, 2.05) is 0 Å². The van der Waals surface area contributed by atoms with E-state index in [0.717, 1.165) is 25.7 Å². The van der Waals surface area contributed by atoms with Crippen LogP contribution in [0.3, 0.4) is 0 Å². The van der Waals surface area contributed by atoms with Gasteiger partial charge < -0.3 is 10.2 Å². The maximum absolute atomic E-state index is 10.4. The summed E-state index contributed by atoms with van der Waals surface area (Å²) in [6.45, 7) is 0. The summed E-state index contributed by atoms with van der Waals surface area (Å²) in [6, 6.07) is 0. The van der Waals surface area contributed by atoms with Crippen molar-refractivity contribution in [3.8, 4) is 0 Å². The van der Waals surface area contributed by atoms with Gasteiger partial charge in [0.2, 0.25) is 0 Å². The Balaban J connectivity index is 0. The molecule has 0 atom stereocenters. The summed E-state index contributed by atoms with van der Waals surface area (Å²) >= 11 is 0. The second kappa shape index (κ2) is 21.3. The zero-order chi connectivity index (χ0) is 17.9. The van der Waals surface area contributed by atoms with Gasteiger partial charge >= 0.3 is 11.9 Å². The molecule has 0 bridgehead atoms. The second-order valence-corrected chi connectivity index (χ2v) is 6.94. The first-order valence-corrected chi connectivity index (χ1v) is 10.1.